The molecule has 0 aromatic heterocycles. The number of ether oxygens (including phenoxy) is 1. The Hall–Kier alpha value is -0.730. The molecule has 3 heteroatoms. The predicted molar refractivity (Wildman–Crippen MR) is 72.1 cm³/mol. The highest BCUT2D eigenvalue weighted by molar-refractivity contribution is 6.31. The molecule has 1 aliphatic carbocycles. The van der Waals surface area contributed by atoms with Crippen LogP contribution in [0.25, 0.3) is 0 Å². The van der Waals surface area contributed by atoms with E-state index in [1.165, 1.54) is 11.1 Å². The van der Waals surface area contributed by atoms with Crippen LogP contribution in [0.5, 0.6) is 5.75 Å². The second-order valence-corrected chi connectivity index (χ2v) is 5.68. The molecular formula is C14H20ClNO. The highest BCUT2D eigenvalue weighted by Gasteiger charge is 2.38. The lowest BCUT2D eigenvalue weighted by molar-refractivity contribution is 0.413. The Labute approximate surface area is 108 Å². The lowest BCUT2D eigenvalue weighted by atomic mass is 9.86. The van der Waals surface area contributed by atoms with Crippen LogP contribution in [0.4, 0.5) is 0 Å². The zero-order valence-electron chi connectivity index (χ0n) is 10.9. The van der Waals surface area contributed by atoms with Crippen LogP contribution >= 0.6 is 11.6 Å². The minimum atomic E-state index is 0.130. The average Bonchev–Trinajstić information content (AvgIpc) is 2.51. The van der Waals surface area contributed by atoms with Crippen molar-refractivity contribution in [1.82, 2.24) is 5.32 Å². The van der Waals surface area contributed by atoms with Gasteiger partial charge in [0.2, 0.25) is 0 Å². The molecule has 0 bridgehead atoms. The summed E-state index contributed by atoms with van der Waals surface area (Å²) in [4.78, 5) is 0. The molecule has 1 unspecified atom stereocenters. The monoisotopic (exact) mass is 253 g/mol. The second-order valence-electron chi connectivity index (χ2n) is 5.27. The first-order valence-corrected chi connectivity index (χ1v) is 6.48. The van der Waals surface area contributed by atoms with Crippen molar-refractivity contribution in [2.75, 3.05) is 13.7 Å². The molecule has 0 fully saturated rings. The lowest BCUT2D eigenvalue weighted by Crippen LogP contribution is -2.20. The second kappa shape index (κ2) is 4.51. The summed E-state index contributed by atoms with van der Waals surface area (Å²) in [7, 11) is 1.68. The van der Waals surface area contributed by atoms with Crippen molar-refractivity contribution in [2.24, 2.45) is 0 Å². The Kier molecular flexibility index (Phi) is 3.37. The SMILES string of the molecule is CCNC1CC(C)(C)c2c(Cl)cc(OC)cc21. The van der Waals surface area contributed by atoms with Crippen molar-refractivity contribution in [1.29, 1.82) is 0 Å². The normalized spacial score (nSPS) is 21.4. The van der Waals surface area contributed by atoms with Crippen LogP contribution in [0, 0.1) is 0 Å². The maximum Gasteiger partial charge on any atom is 0.120 e. The first kappa shape index (κ1) is 12.7. The highest BCUT2D eigenvalue weighted by atomic mass is 35.5. The van der Waals surface area contributed by atoms with E-state index in [0.717, 1.165) is 23.7 Å². The molecule has 0 saturated carbocycles. The van der Waals surface area contributed by atoms with Gasteiger partial charge in [-0.3, -0.25) is 0 Å². The number of benzene rings is 1. The Morgan fingerprint density at radius 3 is 2.76 bits per heavy atom. The molecule has 1 atom stereocenters. The fourth-order valence-electron chi connectivity index (χ4n) is 2.86. The molecule has 0 aliphatic heterocycles. The van der Waals surface area contributed by atoms with Gasteiger partial charge in [0.05, 0.1) is 7.11 Å². The quantitative estimate of drug-likeness (QED) is 0.887. The van der Waals surface area contributed by atoms with E-state index in [4.69, 9.17) is 16.3 Å². The van der Waals surface area contributed by atoms with Gasteiger partial charge >= 0.3 is 0 Å². The molecule has 0 saturated heterocycles. The smallest absolute Gasteiger partial charge is 0.120 e. The Balaban J connectivity index is 2.53. The number of fused-ring (bicyclic) bond motifs is 1. The van der Waals surface area contributed by atoms with E-state index in [9.17, 15) is 0 Å². The van der Waals surface area contributed by atoms with Gasteiger partial charge in [0.15, 0.2) is 0 Å². The highest BCUT2D eigenvalue weighted by Crippen LogP contribution is 2.49. The summed E-state index contributed by atoms with van der Waals surface area (Å²) >= 11 is 6.40. The first-order valence-electron chi connectivity index (χ1n) is 6.11. The van der Waals surface area contributed by atoms with E-state index in [0.29, 0.717) is 6.04 Å². The molecule has 0 heterocycles. The number of hydrogen-bond acceptors (Lipinski definition) is 2. The van der Waals surface area contributed by atoms with Crippen molar-refractivity contribution >= 4 is 11.6 Å². The van der Waals surface area contributed by atoms with Gasteiger partial charge in [0.1, 0.15) is 5.75 Å². The van der Waals surface area contributed by atoms with Gasteiger partial charge < -0.3 is 10.1 Å². The maximum absolute atomic E-state index is 6.40. The molecule has 1 aliphatic rings. The van der Waals surface area contributed by atoms with Crippen LogP contribution in [-0.4, -0.2) is 13.7 Å². The first-order chi connectivity index (χ1) is 7.99. The van der Waals surface area contributed by atoms with Crippen LogP contribution in [0.2, 0.25) is 5.02 Å². The van der Waals surface area contributed by atoms with Gasteiger partial charge in [-0.15, -0.1) is 0 Å². The van der Waals surface area contributed by atoms with E-state index in [-0.39, 0.29) is 5.41 Å². The molecular weight excluding hydrogens is 234 g/mol. The van der Waals surface area contributed by atoms with Gasteiger partial charge in [-0.05, 0) is 41.6 Å². The summed E-state index contributed by atoms with van der Waals surface area (Å²) in [5, 5.41) is 4.34. The molecule has 2 rings (SSSR count). The maximum atomic E-state index is 6.40. The standard InChI is InChI=1S/C14H20ClNO/c1-5-16-12-8-14(2,3)13-10(12)6-9(17-4)7-11(13)15/h6-7,12,16H,5,8H2,1-4H3. The largest absolute Gasteiger partial charge is 0.497 e. The van der Waals surface area contributed by atoms with Gasteiger partial charge in [-0.2, -0.15) is 0 Å². The molecule has 1 aromatic rings. The van der Waals surface area contributed by atoms with Crippen LogP contribution in [0.1, 0.15) is 44.4 Å². The number of halogens is 1. The van der Waals surface area contributed by atoms with Crippen LogP contribution < -0.4 is 10.1 Å². The summed E-state index contributed by atoms with van der Waals surface area (Å²) < 4.78 is 5.30. The Morgan fingerprint density at radius 1 is 1.47 bits per heavy atom. The molecule has 17 heavy (non-hydrogen) atoms. The van der Waals surface area contributed by atoms with Crippen molar-refractivity contribution in [3.63, 3.8) is 0 Å². The predicted octanol–water partition coefficient (Wildman–Crippen LogP) is 3.68. The van der Waals surface area contributed by atoms with E-state index in [1.807, 2.05) is 6.07 Å². The van der Waals surface area contributed by atoms with Crippen LogP contribution in [0.15, 0.2) is 12.1 Å². The number of methoxy groups -OCH3 is 1. The minimum absolute atomic E-state index is 0.130. The van der Waals surface area contributed by atoms with E-state index >= 15 is 0 Å². The number of hydrogen-bond donors (Lipinski definition) is 1. The summed E-state index contributed by atoms with van der Waals surface area (Å²) in [6, 6.07) is 4.41. The Bertz CT molecular complexity index is 428. The molecule has 94 valence electrons. The van der Waals surface area contributed by atoms with Gasteiger partial charge in [0, 0.05) is 11.1 Å². The van der Waals surface area contributed by atoms with Crippen molar-refractivity contribution in [3.05, 3.63) is 28.3 Å². The van der Waals surface area contributed by atoms with Gasteiger partial charge in [-0.25, -0.2) is 0 Å². The molecule has 1 N–H and O–H groups in total. The van der Waals surface area contributed by atoms with Gasteiger partial charge in [0.25, 0.3) is 0 Å². The third-order valence-corrected chi connectivity index (χ3v) is 3.85. The number of nitrogens with one attached hydrogen (secondary N) is 1. The molecule has 2 nitrogen and oxygen atoms in total. The van der Waals surface area contributed by atoms with E-state index < -0.39 is 0 Å². The number of rotatable bonds is 3. The summed E-state index contributed by atoms with van der Waals surface area (Å²) in [5.41, 5.74) is 2.69. The Morgan fingerprint density at radius 2 is 2.18 bits per heavy atom. The van der Waals surface area contributed by atoms with Gasteiger partial charge in [-0.1, -0.05) is 32.4 Å². The molecule has 1 aromatic carbocycles. The lowest BCUT2D eigenvalue weighted by Gasteiger charge is -2.20. The third kappa shape index (κ3) is 2.16. The third-order valence-electron chi connectivity index (χ3n) is 3.55. The van der Waals surface area contributed by atoms with Crippen molar-refractivity contribution < 1.29 is 4.74 Å². The summed E-state index contributed by atoms with van der Waals surface area (Å²) in [6.45, 7) is 7.60. The van der Waals surface area contributed by atoms with Crippen LogP contribution in [-0.2, 0) is 5.41 Å². The minimum Gasteiger partial charge on any atom is -0.497 e. The molecule has 0 radical (unpaired) electrons. The van der Waals surface area contributed by atoms with E-state index in [2.05, 4.69) is 32.2 Å². The zero-order valence-corrected chi connectivity index (χ0v) is 11.7. The van der Waals surface area contributed by atoms with Crippen LogP contribution in [0.3, 0.4) is 0 Å². The summed E-state index contributed by atoms with van der Waals surface area (Å²) in [6.07, 6.45) is 1.09. The molecule has 0 spiro atoms. The molecule has 0 amide bonds. The van der Waals surface area contributed by atoms with E-state index in [1.54, 1.807) is 7.11 Å². The van der Waals surface area contributed by atoms with Crippen molar-refractivity contribution in [3.8, 4) is 5.75 Å². The fraction of sp³-hybridized carbons (Fsp3) is 0.571. The fourth-order valence-corrected chi connectivity index (χ4v) is 3.33. The topological polar surface area (TPSA) is 21.3 Å². The summed E-state index contributed by atoms with van der Waals surface area (Å²) in [5.74, 6) is 0.842. The average molecular weight is 254 g/mol. The zero-order chi connectivity index (χ0) is 12.6. The van der Waals surface area contributed by atoms with Crippen molar-refractivity contribution in [2.45, 2.75) is 38.6 Å².